The fourth-order valence-corrected chi connectivity index (χ4v) is 3.74. The summed E-state index contributed by atoms with van der Waals surface area (Å²) in [6.45, 7) is 0. The van der Waals surface area contributed by atoms with Crippen LogP contribution in [0.3, 0.4) is 0 Å². The van der Waals surface area contributed by atoms with Crippen LogP contribution in [0.2, 0.25) is 0 Å². The summed E-state index contributed by atoms with van der Waals surface area (Å²) >= 11 is 1.67. The van der Waals surface area contributed by atoms with Gasteiger partial charge in [-0.3, -0.25) is 4.68 Å². The van der Waals surface area contributed by atoms with E-state index in [1.807, 2.05) is 25.2 Å². The smallest absolute Gasteiger partial charge is 0.335 e. The Morgan fingerprint density at radius 2 is 2.00 bits per heavy atom. The fourth-order valence-electron chi connectivity index (χ4n) is 2.68. The number of nitrogens with zero attached hydrogens (tertiary/aromatic N) is 2. The molecule has 4 rings (SSSR count). The molecule has 2 heterocycles. The number of benzene rings is 2. The first kappa shape index (κ1) is 13.0. The Labute approximate surface area is 130 Å². The maximum Gasteiger partial charge on any atom is 0.335 e. The highest BCUT2D eigenvalue weighted by Crippen LogP contribution is 2.36. The molecule has 0 spiro atoms. The predicted molar refractivity (Wildman–Crippen MR) is 88.5 cm³/mol. The van der Waals surface area contributed by atoms with Crippen LogP contribution in [0.15, 0.2) is 48.5 Å². The van der Waals surface area contributed by atoms with E-state index in [9.17, 15) is 9.90 Å². The molecule has 4 aromatic rings. The molecule has 0 bridgehead atoms. The molecule has 1 N–H and O–H groups in total. The molecule has 4 nitrogen and oxygen atoms in total. The van der Waals surface area contributed by atoms with E-state index in [2.05, 4.69) is 23.3 Å². The van der Waals surface area contributed by atoms with Crippen molar-refractivity contribution in [3.8, 4) is 10.6 Å². The lowest BCUT2D eigenvalue weighted by molar-refractivity contribution is 0.0697. The summed E-state index contributed by atoms with van der Waals surface area (Å²) in [6, 6.07) is 15.4. The van der Waals surface area contributed by atoms with Crippen LogP contribution >= 0.6 is 11.3 Å². The molecule has 108 valence electrons. The van der Waals surface area contributed by atoms with Crippen LogP contribution in [0.5, 0.6) is 0 Å². The largest absolute Gasteiger partial charge is 0.478 e. The SMILES string of the molecule is Cn1nc(-c2cc3ccccc3s2)c2cc(C(=O)O)ccc21. The van der Waals surface area contributed by atoms with Gasteiger partial charge in [0.15, 0.2) is 0 Å². The molecule has 0 atom stereocenters. The van der Waals surface area contributed by atoms with Crippen molar-refractivity contribution in [3.05, 3.63) is 54.1 Å². The summed E-state index contributed by atoms with van der Waals surface area (Å²) in [4.78, 5) is 12.3. The van der Waals surface area contributed by atoms with Crippen LogP contribution in [-0.2, 0) is 7.05 Å². The lowest BCUT2D eigenvalue weighted by Gasteiger charge is -1.97. The number of carboxylic acid groups (broad SMARTS) is 1. The Kier molecular flexibility index (Phi) is 2.77. The molecule has 2 aromatic heterocycles. The fraction of sp³-hybridized carbons (Fsp3) is 0.0588. The second kappa shape index (κ2) is 4.68. The molecule has 0 saturated carbocycles. The molecule has 22 heavy (non-hydrogen) atoms. The minimum Gasteiger partial charge on any atom is -0.478 e. The number of carbonyl (C=O) groups is 1. The van der Waals surface area contributed by atoms with Crippen molar-refractivity contribution in [2.24, 2.45) is 7.05 Å². The van der Waals surface area contributed by atoms with Gasteiger partial charge in [-0.2, -0.15) is 5.10 Å². The van der Waals surface area contributed by atoms with Crippen LogP contribution in [-0.4, -0.2) is 20.9 Å². The average Bonchev–Trinajstić information content (AvgIpc) is 3.08. The van der Waals surface area contributed by atoms with Crippen molar-refractivity contribution in [2.75, 3.05) is 0 Å². The first-order chi connectivity index (χ1) is 10.6. The number of thiophene rings is 1. The van der Waals surface area contributed by atoms with Gasteiger partial charge in [-0.1, -0.05) is 18.2 Å². The first-order valence-electron chi connectivity index (χ1n) is 6.82. The Bertz CT molecular complexity index is 997. The Hall–Kier alpha value is -2.66. The molecule has 0 aliphatic carbocycles. The number of rotatable bonds is 2. The molecule has 5 heteroatoms. The molecule has 0 amide bonds. The molecular formula is C17H12N2O2S. The minimum atomic E-state index is -0.923. The number of fused-ring (bicyclic) bond motifs is 2. The molecule has 0 saturated heterocycles. The second-order valence-electron chi connectivity index (χ2n) is 5.16. The zero-order valence-electron chi connectivity index (χ0n) is 11.8. The molecule has 0 radical (unpaired) electrons. The van der Waals surface area contributed by atoms with Gasteiger partial charge < -0.3 is 5.11 Å². The van der Waals surface area contributed by atoms with Crippen molar-refractivity contribution in [3.63, 3.8) is 0 Å². The standard InChI is InChI=1S/C17H12N2O2S/c1-19-13-7-6-11(17(20)21)8-12(13)16(18-19)15-9-10-4-2-3-5-14(10)22-15/h2-9H,1H3,(H,20,21). The lowest BCUT2D eigenvalue weighted by atomic mass is 10.1. The Balaban J connectivity index is 2.00. The molecule has 2 aromatic carbocycles. The normalized spacial score (nSPS) is 11.3. The van der Waals surface area contributed by atoms with Gasteiger partial charge in [-0.15, -0.1) is 11.3 Å². The zero-order chi connectivity index (χ0) is 15.3. The van der Waals surface area contributed by atoms with E-state index in [-0.39, 0.29) is 5.56 Å². The van der Waals surface area contributed by atoms with E-state index in [0.29, 0.717) is 0 Å². The number of hydrogen-bond donors (Lipinski definition) is 1. The molecule has 0 fully saturated rings. The topological polar surface area (TPSA) is 55.1 Å². The highest BCUT2D eigenvalue weighted by atomic mass is 32.1. The molecule has 0 aliphatic heterocycles. The predicted octanol–water partition coefficient (Wildman–Crippen LogP) is 4.15. The summed E-state index contributed by atoms with van der Waals surface area (Å²) in [6.07, 6.45) is 0. The van der Waals surface area contributed by atoms with Gasteiger partial charge in [0.2, 0.25) is 0 Å². The Morgan fingerprint density at radius 1 is 1.18 bits per heavy atom. The van der Waals surface area contributed by atoms with E-state index in [4.69, 9.17) is 0 Å². The van der Waals surface area contributed by atoms with Crippen molar-refractivity contribution >= 4 is 38.3 Å². The van der Waals surface area contributed by atoms with E-state index >= 15 is 0 Å². The van der Waals surface area contributed by atoms with Gasteiger partial charge in [-0.25, -0.2) is 4.79 Å². The third-order valence-electron chi connectivity index (χ3n) is 3.76. The summed E-state index contributed by atoms with van der Waals surface area (Å²) in [7, 11) is 1.87. The summed E-state index contributed by atoms with van der Waals surface area (Å²) in [5, 5.41) is 15.8. The second-order valence-corrected chi connectivity index (χ2v) is 6.24. The maximum absolute atomic E-state index is 11.2. The molecular weight excluding hydrogens is 296 g/mol. The van der Waals surface area contributed by atoms with Crippen LogP contribution in [0.1, 0.15) is 10.4 Å². The average molecular weight is 308 g/mol. The quantitative estimate of drug-likeness (QED) is 0.605. The van der Waals surface area contributed by atoms with Crippen molar-refractivity contribution in [1.82, 2.24) is 9.78 Å². The highest BCUT2D eigenvalue weighted by Gasteiger charge is 2.15. The summed E-state index contributed by atoms with van der Waals surface area (Å²) < 4.78 is 2.99. The molecule has 0 unspecified atom stereocenters. The zero-order valence-corrected chi connectivity index (χ0v) is 12.6. The number of aromatic carboxylic acids is 1. The minimum absolute atomic E-state index is 0.280. The summed E-state index contributed by atoms with van der Waals surface area (Å²) in [5.41, 5.74) is 2.04. The summed E-state index contributed by atoms with van der Waals surface area (Å²) in [5.74, 6) is -0.923. The van der Waals surface area contributed by atoms with Crippen LogP contribution in [0.4, 0.5) is 0 Å². The van der Waals surface area contributed by atoms with Gasteiger partial charge in [0.05, 0.1) is 16.0 Å². The number of carboxylic acids is 1. The van der Waals surface area contributed by atoms with E-state index < -0.39 is 5.97 Å². The Morgan fingerprint density at radius 3 is 2.77 bits per heavy atom. The highest BCUT2D eigenvalue weighted by molar-refractivity contribution is 7.22. The van der Waals surface area contributed by atoms with Crippen LogP contribution in [0.25, 0.3) is 31.6 Å². The third-order valence-corrected chi connectivity index (χ3v) is 4.88. The number of aryl methyl sites for hydroxylation is 1. The van der Waals surface area contributed by atoms with Gasteiger partial charge in [-0.05, 0) is 35.7 Å². The first-order valence-corrected chi connectivity index (χ1v) is 7.64. The number of aromatic nitrogens is 2. The third kappa shape index (κ3) is 1.90. The van der Waals surface area contributed by atoms with E-state index in [0.717, 1.165) is 21.5 Å². The van der Waals surface area contributed by atoms with Crippen molar-refractivity contribution < 1.29 is 9.90 Å². The van der Waals surface area contributed by atoms with Crippen LogP contribution < -0.4 is 0 Å². The van der Waals surface area contributed by atoms with Crippen molar-refractivity contribution in [1.29, 1.82) is 0 Å². The number of hydrogen-bond acceptors (Lipinski definition) is 3. The van der Waals surface area contributed by atoms with E-state index in [1.54, 1.807) is 28.2 Å². The van der Waals surface area contributed by atoms with Gasteiger partial charge >= 0.3 is 5.97 Å². The van der Waals surface area contributed by atoms with Gasteiger partial charge in [0.1, 0.15) is 5.69 Å². The monoisotopic (exact) mass is 308 g/mol. The van der Waals surface area contributed by atoms with Crippen molar-refractivity contribution in [2.45, 2.75) is 0 Å². The lowest BCUT2D eigenvalue weighted by Crippen LogP contribution is -1.95. The van der Waals surface area contributed by atoms with Gasteiger partial charge in [0, 0.05) is 17.1 Å². The molecule has 0 aliphatic rings. The van der Waals surface area contributed by atoms with Crippen LogP contribution in [0, 0.1) is 0 Å². The van der Waals surface area contributed by atoms with Gasteiger partial charge in [0.25, 0.3) is 0 Å². The van der Waals surface area contributed by atoms with E-state index in [1.165, 1.54) is 10.1 Å². The maximum atomic E-state index is 11.2.